The van der Waals surface area contributed by atoms with E-state index in [1.54, 1.807) is 25.1 Å². The zero-order chi connectivity index (χ0) is 12.3. The summed E-state index contributed by atoms with van der Waals surface area (Å²) >= 11 is 3.05. The summed E-state index contributed by atoms with van der Waals surface area (Å²) in [6.45, 7) is 2.81. The molecule has 1 aromatic rings. The topological polar surface area (TPSA) is 26.3 Å². The van der Waals surface area contributed by atoms with E-state index in [4.69, 9.17) is 0 Å². The number of alkyl halides is 2. The van der Waals surface area contributed by atoms with Crippen LogP contribution in [0.15, 0.2) is 24.3 Å². The van der Waals surface area contributed by atoms with Gasteiger partial charge in [0.1, 0.15) is 0 Å². The summed E-state index contributed by atoms with van der Waals surface area (Å²) < 4.78 is 30.0. The van der Waals surface area contributed by atoms with Crippen molar-refractivity contribution >= 4 is 18.6 Å². The van der Waals surface area contributed by atoms with Gasteiger partial charge < -0.3 is 4.74 Å². The molecule has 1 atom stereocenters. The first-order valence-corrected chi connectivity index (χ1v) is 5.14. The Balaban J connectivity index is 2.78. The van der Waals surface area contributed by atoms with Crippen molar-refractivity contribution in [3.05, 3.63) is 35.4 Å². The van der Waals surface area contributed by atoms with E-state index in [1.165, 1.54) is 6.07 Å². The normalized spacial score (nSPS) is 13.3. The molecule has 0 saturated carbocycles. The number of carbonyl (C=O) groups excluding carboxylic acids is 1. The fraction of sp³-hybridized carbons (Fsp3) is 0.364. The van der Waals surface area contributed by atoms with Crippen LogP contribution in [0.4, 0.5) is 8.78 Å². The van der Waals surface area contributed by atoms with Gasteiger partial charge in [-0.25, -0.2) is 4.79 Å². The van der Waals surface area contributed by atoms with Crippen LogP contribution >= 0.6 is 12.6 Å². The van der Waals surface area contributed by atoms with E-state index in [-0.39, 0.29) is 5.56 Å². The van der Waals surface area contributed by atoms with Crippen LogP contribution in [0.5, 0.6) is 0 Å². The summed E-state index contributed by atoms with van der Waals surface area (Å²) in [7, 11) is 0. The second-order valence-corrected chi connectivity index (χ2v) is 4.05. The summed E-state index contributed by atoms with van der Waals surface area (Å²) in [6, 6.07) is 6.64. The van der Waals surface area contributed by atoms with Crippen molar-refractivity contribution in [2.45, 2.75) is 25.2 Å². The van der Waals surface area contributed by atoms with Gasteiger partial charge in [-0.05, 0) is 25.5 Å². The minimum Gasteiger partial charge on any atom is -0.452 e. The van der Waals surface area contributed by atoms with Gasteiger partial charge in [-0.2, -0.15) is 8.78 Å². The van der Waals surface area contributed by atoms with Gasteiger partial charge in [0.25, 0.3) is 0 Å². The molecular weight excluding hydrogens is 234 g/mol. The number of hydrogen-bond donors (Lipinski definition) is 1. The lowest BCUT2D eigenvalue weighted by atomic mass is 10.1. The standard InChI is InChI=1S/C11H12F2O2S/c1-7-5-3-4-6-9(7)10(14)15-8(2)11(12,13)16/h3-6,8,16H,1-2H3. The number of benzene rings is 1. The van der Waals surface area contributed by atoms with E-state index in [2.05, 4.69) is 17.4 Å². The smallest absolute Gasteiger partial charge is 0.338 e. The maximum atomic E-state index is 12.7. The molecule has 1 rings (SSSR count). The van der Waals surface area contributed by atoms with Gasteiger partial charge in [-0.1, -0.05) is 18.2 Å². The third-order valence-corrected chi connectivity index (χ3v) is 2.50. The molecule has 1 aromatic carbocycles. The molecule has 0 amide bonds. The summed E-state index contributed by atoms with van der Waals surface area (Å²) in [4.78, 5) is 11.5. The van der Waals surface area contributed by atoms with E-state index >= 15 is 0 Å². The monoisotopic (exact) mass is 246 g/mol. The number of esters is 1. The van der Waals surface area contributed by atoms with Crippen LogP contribution in [-0.4, -0.2) is 17.3 Å². The van der Waals surface area contributed by atoms with Gasteiger partial charge in [0.15, 0.2) is 6.10 Å². The molecule has 88 valence electrons. The number of aryl methyl sites for hydroxylation is 1. The Morgan fingerprint density at radius 3 is 2.50 bits per heavy atom. The minimum absolute atomic E-state index is 0.284. The van der Waals surface area contributed by atoms with Gasteiger partial charge in [0.2, 0.25) is 0 Å². The maximum Gasteiger partial charge on any atom is 0.338 e. The highest BCUT2D eigenvalue weighted by Crippen LogP contribution is 2.26. The molecule has 2 nitrogen and oxygen atoms in total. The Bertz CT molecular complexity index is 388. The average Bonchev–Trinajstić information content (AvgIpc) is 2.16. The van der Waals surface area contributed by atoms with Crippen molar-refractivity contribution in [2.24, 2.45) is 0 Å². The molecule has 0 heterocycles. The first-order chi connectivity index (χ1) is 7.32. The van der Waals surface area contributed by atoms with Gasteiger partial charge >= 0.3 is 11.2 Å². The summed E-state index contributed by atoms with van der Waals surface area (Å²) in [5, 5.41) is -3.33. The second kappa shape index (κ2) is 4.82. The third kappa shape index (κ3) is 3.20. The Morgan fingerprint density at radius 1 is 1.44 bits per heavy atom. The van der Waals surface area contributed by atoms with Crippen LogP contribution in [0.2, 0.25) is 0 Å². The van der Waals surface area contributed by atoms with Crippen molar-refractivity contribution < 1.29 is 18.3 Å². The van der Waals surface area contributed by atoms with Crippen molar-refractivity contribution in [2.75, 3.05) is 0 Å². The molecule has 0 saturated heterocycles. The minimum atomic E-state index is -3.33. The number of rotatable bonds is 3. The summed E-state index contributed by atoms with van der Waals surface area (Å²) in [6.07, 6.45) is -1.57. The predicted octanol–water partition coefficient (Wildman–Crippen LogP) is 3.06. The molecule has 0 radical (unpaired) electrons. The Morgan fingerprint density at radius 2 is 2.00 bits per heavy atom. The van der Waals surface area contributed by atoms with Crippen LogP contribution in [0.3, 0.4) is 0 Å². The summed E-state index contributed by atoms with van der Waals surface area (Å²) in [5.41, 5.74) is 0.967. The van der Waals surface area contributed by atoms with Gasteiger partial charge in [-0.3, -0.25) is 0 Å². The lowest BCUT2D eigenvalue weighted by Crippen LogP contribution is -2.30. The van der Waals surface area contributed by atoms with Gasteiger partial charge in [0.05, 0.1) is 5.56 Å². The Hall–Kier alpha value is -1.10. The molecular formula is C11H12F2O2S. The highest BCUT2D eigenvalue weighted by atomic mass is 32.1. The van der Waals surface area contributed by atoms with Crippen molar-refractivity contribution in [1.82, 2.24) is 0 Å². The van der Waals surface area contributed by atoms with Gasteiger partial charge in [0, 0.05) is 0 Å². The third-order valence-electron chi connectivity index (χ3n) is 2.14. The molecule has 0 aliphatic rings. The van der Waals surface area contributed by atoms with Crippen molar-refractivity contribution in [3.8, 4) is 0 Å². The molecule has 5 heteroatoms. The number of hydrogen-bond acceptors (Lipinski definition) is 3. The zero-order valence-corrected chi connectivity index (χ0v) is 9.80. The first-order valence-electron chi connectivity index (χ1n) is 4.69. The SMILES string of the molecule is Cc1ccccc1C(=O)OC(C)C(F)(F)S. The van der Waals surface area contributed by atoms with E-state index in [1.807, 2.05) is 0 Å². The number of ether oxygens (including phenoxy) is 1. The van der Waals surface area contributed by atoms with Crippen molar-refractivity contribution in [3.63, 3.8) is 0 Å². The highest BCUT2D eigenvalue weighted by molar-refractivity contribution is 7.81. The van der Waals surface area contributed by atoms with Crippen LogP contribution in [0.1, 0.15) is 22.8 Å². The molecule has 0 aliphatic carbocycles. The largest absolute Gasteiger partial charge is 0.452 e. The second-order valence-electron chi connectivity index (χ2n) is 3.45. The molecule has 1 unspecified atom stereocenters. The summed E-state index contributed by atoms with van der Waals surface area (Å²) in [5.74, 6) is -0.765. The number of thiol groups is 1. The molecule has 0 fully saturated rings. The fourth-order valence-electron chi connectivity index (χ4n) is 1.10. The van der Waals surface area contributed by atoms with E-state index in [9.17, 15) is 13.6 Å². The van der Waals surface area contributed by atoms with Gasteiger partial charge in [-0.15, -0.1) is 12.6 Å². The van der Waals surface area contributed by atoms with E-state index in [0.717, 1.165) is 6.92 Å². The fourth-order valence-corrected chi connectivity index (χ4v) is 1.15. The molecule has 0 spiro atoms. The Kier molecular flexibility index (Phi) is 3.91. The molecule has 16 heavy (non-hydrogen) atoms. The maximum absolute atomic E-state index is 12.7. The predicted molar refractivity (Wildman–Crippen MR) is 60.0 cm³/mol. The van der Waals surface area contributed by atoms with Crippen LogP contribution in [0.25, 0.3) is 0 Å². The van der Waals surface area contributed by atoms with Crippen LogP contribution in [0, 0.1) is 6.92 Å². The zero-order valence-electron chi connectivity index (χ0n) is 8.91. The first kappa shape index (κ1) is 13.0. The lowest BCUT2D eigenvalue weighted by Gasteiger charge is -2.19. The molecule has 0 N–H and O–H groups in total. The van der Waals surface area contributed by atoms with Crippen molar-refractivity contribution in [1.29, 1.82) is 0 Å². The quantitative estimate of drug-likeness (QED) is 0.655. The van der Waals surface area contributed by atoms with Crippen LogP contribution < -0.4 is 0 Å². The van der Waals surface area contributed by atoms with E-state index < -0.39 is 17.3 Å². The molecule has 0 aromatic heterocycles. The number of carbonyl (C=O) groups is 1. The number of halogens is 2. The van der Waals surface area contributed by atoms with E-state index in [0.29, 0.717) is 5.56 Å². The molecule has 0 aliphatic heterocycles. The average molecular weight is 246 g/mol. The molecule has 0 bridgehead atoms. The lowest BCUT2D eigenvalue weighted by molar-refractivity contribution is -0.0439. The van der Waals surface area contributed by atoms with Crippen LogP contribution in [-0.2, 0) is 4.74 Å². The Labute approximate surface area is 98.0 Å². The highest BCUT2D eigenvalue weighted by Gasteiger charge is 2.35.